The molecule has 0 saturated carbocycles. The van der Waals surface area contributed by atoms with Crippen LogP contribution >= 0.6 is 11.6 Å². The molecule has 0 saturated heterocycles. The molecule has 0 aliphatic carbocycles. The number of anilines is 1. The third kappa shape index (κ3) is 4.83. The van der Waals surface area contributed by atoms with E-state index in [0.29, 0.717) is 28.8 Å². The molecule has 0 unspecified atom stereocenters. The van der Waals surface area contributed by atoms with Gasteiger partial charge in [0.15, 0.2) is 5.76 Å². The van der Waals surface area contributed by atoms with Gasteiger partial charge in [-0.05, 0) is 67.9 Å². The molecule has 1 N–H and O–H groups in total. The van der Waals surface area contributed by atoms with Gasteiger partial charge in [-0.15, -0.1) is 0 Å². The number of rotatable bonds is 7. The molecule has 0 bridgehead atoms. The van der Waals surface area contributed by atoms with Crippen molar-refractivity contribution in [1.29, 1.82) is 0 Å². The molecule has 1 heterocycles. The standard InChI is InChI=1S/C21H20ClNO4/c1-3-25-15-7-9-16(10-8-15)26-13-17-11-12-20(27-17)21(24)23-19-6-4-5-18(22)14(19)2/h4-12H,3,13H2,1-2H3,(H,23,24). The Morgan fingerprint density at radius 2 is 1.74 bits per heavy atom. The van der Waals surface area contributed by atoms with Crippen LogP contribution in [0.1, 0.15) is 28.8 Å². The Labute approximate surface area is 162 Å². The number of benzene rings is 2. The lowest BCUT2D eigenvalue weighted by Gasteiger charge is -2.08. The van der Waals surface area contributed by atoms with Crippen molar-refractivity contribution in [2.24, 2.45) is 0 Å². The van der Waals surface area contributed by atoms with Gasteiger partial charge in [-0.2, -0.15) is 0 Å². The minimum absolute atomic E-state index is 0.208. The first-order chi connectivity index (χ1) is 13.1. The van der Waals surface area contributed by atoms with Crippen molar-refractivity contribution in [3.8, 4) is 11.5 Å². The van der Waals surface area contributed by atoms with Crippen LogP contribution in [0.4, 0.5) is 5.69 Å². The Hall–Kier alpha value is -2.92. The highest BCUT2D eigenvalue weighted by molar-refractivity contribution is 6.31. The Kier molecular flexibility index (Phi) is 6.04. The number of carbonyl (C=O) groups excluding carboxylic acids is 1. The van der Waals surface area contributed by atoms with Crippen LogP contribution in [-0.4, -0.2) is 12.5 Å². The first-order valence-corrected chi connectivity index (χ1v) is 8.95. The molecule has 6 heteroatoms. The summed E-state index contributed by atoms with van der Waals surface area (Å²) < 4.78 is 16.6. The largest absolute Gasteiger partial charge is 0.494 e. The summed E-state index contributed by atoms with van der Waals surface area (Å²) in [5, 5.41) is 3.39. The average molecular weight is 386 g/mol. The van der Waals surface area contributed by atoms with Crippen molar-refractivity contribution in [3.63, 3.8) is 0 Å². The fraction of sp³-hybridized carbons (Fsp3) is 0.190. The molecule has 0 radical (unpaired) electrons. The number of ether oxygens (including phenoxy) is 2. The molecule has 0 aliphatic rings. The fourth-order valence-electron chi connectivity index (χ4n) is 2.46. The third-order valence-electron chi connectivity index (χ3n) is 3.92. The Balaban J connectivity index is 1.59. The second kappa shape index (κ2) is 8.64. The van der Waals surface area contributed by atoms with Crippen LogP contribution in [0, 0.1) is 6.92 Å². The predicted octanol–water partition coefficient (Wildman–Crippen LogP) is 5.47. The molecular weight excluding hydrogens is 366 g/mol. The van der Waals surface area contributed by atoms with Crippen molar-refractivity contribution in [2.75, 3.05) is 11.9 Å². The van der Waals surface area contributed by atoms with E-state index >= 15 is 0 Å². The second-order valence-corrected chi connectivity index (χ2v) is 6.23. The second-order valence-electron chi connectivity index (χ2n) is 5.83. The van der Waals surface area contributed by atoms with Crippen LogP contribution in [0.15, 0.2) is 59.0 Å². The molecule has 0 atom stereocenters. The van der Waals surface area contributed by atoms with E-state index in [4.69, 9.17) is 25.5 Å². The zero-order valence-corrected chi connectivity index (χ0v) is 15.9. The molecule has 1 aromatic heterocycles. The third-order valence-corrected chi connectivity index (χ3v) is 4.33. The number of halogens is 1. The molecule has 2 aromatic carbocycles. The molecule has 0 spiro atoms. The average Bonchev–Trinajstić information content (AvgIpc) is 3.14. The van der Waals surface area contributed by atoms with Gasteiger partial charge in [0.25, 0.3) is 5.91 Å². The number of hydrogen-bond donors (Lipinski definition) is 1. The van der Waals surface area contributed by atoms with E-state index in [0.717, 1.165) is 11.3 Å². The molecule has 5 nitrogen and oxygen atoms in total. The zero-order valence-electron chi connectivity index (χ0n) is 15.1. The summed E-state index contributed by atoms with van der Waals surface area (Å²) in [6, 6.07) is 16.0. The smallest absolute Gasteiger partial charge is 0.291 e. The fourth-order valence-corrected chi connectivity index (χ4v) is 2.63. The van der Waals surface area contributed by atoms with E-state index in [9.17, 15) is 4.79 Å². The van der Waals surface area contributed by atoms with Crippen molar-refractivity contribution < 1.29 is 18.7 Å². The highest BCUT2D eigenvalue weighted by Gasteiger charge is 2.13. The van der Waals surface area contributed by atoms with Gasteiger partial charge >= 0.3 is 0 Å². The molecule has 140 valence electrons. The normalized spacial score (nSPS) is 10.5. The van der Waals surface area contributed by atoms with Crippen LogP contribution in [0.2, 0.25) is 5.02 Å². The first-order valence-electron chi connectivity index (χ1n) is 8.57. The minimum atomic E-state index is -0.340. The van der Waals surface area contributed by atoms with E-state index in [1.165, 1.54) is 0 Å². The Morgan fingerprint density at radius 3 is 2.44 bits per heavy atom. The number of hydrogen-bond acceptors (Lipinski definition) is 4. The van der Waals surface area contributed by atoms with E-state index in [1.54, 1.807) is 30.3 Å². The van der Waals surface area contributed by atoms with Crippen LogP contribution in [-0.2, 0) is 6.61 Å². The van der Waals surface area contributed by atoms with Crippen LogP contribution < -0.4 is 14.8 Å². The quantitative estimate of drug-likeness (QED) is 0.585. The number of amides is 1. The van der Waals surface area contributed by atoms with Gasteiger partial charge in [-0.1, -0.05) is 17.7 Å². The highest BCUT2D eigenvalue weighted by Crippen LogP contribution is 2.24. The van der Waals surface area contributed by atoms with Crippen molar-refractivity contribution in [2.45, 2.75) is 20.5 Å². The molecular formula is C21H20ClNO4. The summed E-state index contributed by atoms with van der Waals surface area (Å²) in [4.78, 5) is 12.4. The molecule has 0 fully saturated rings. The van der Waals surface area contributed by atoms with Crippen LogP contribution in [0.3, 0.4) is 0 Å². The van der Waals surface area contributed by atoms with Crippen molar-refractivity contribution in [1.82, 2.24) is 0 Å². The topological polar surface area (TPSA) is 60.7 Å². The van der Waals surface area contributed by atoms with Gasteiger partial charge < -0.3 is 19.2 Å². The van der Waals surface area contributed by atoms with Gasteiger partial charge in [0, 0.05) is 10.7 Å². The van der Waals surface area contributed by atoms with E-state index in [2.05, 4.69) is 5.32 Å². The maximum absolute atomic E-state index is 12.4. The summed E-state index contributed by atoms with van der Waals surface area (Å²) in [6.07, 6.45) is 0. The lowest BCUT2D eigenvalue weighted by Crippen LogP contribution is -2.12. The van der Waals surface area contributed by atoms with Gasteiger partial charge in [0.2, 0.25) is 0 Å². The monoisotopic (exact) mass is 385 g/mol. The summed E-state index contributed by atoms with van der Waals surface area (Å²) in [6.45, 7) is 4.61. The lowest BCUT2D eigenvalue weighted by atomic mass is 10.2. The maximum atomic E-state index is 12.4. The van der Waals surface area contributed by atoms with Gasteiger partial charge in [0.05, 0.1) is 6.61 Å². The van der Waals surface area contributed by atoms with E-state index in [-0.39, 0.29) is 18.3 Å². The van der Waals surface area contributed by atoms with Gasteiger partial charge in [0.1, 0.15) is 23.9 Å². The number of furan rings is 1. The molecule has 27 heavy (non-hydrogen) atoms. The predicted molar refractivity (Wildman–Crippen MR) is 105 cm³/mol. The molecule has 3 aromatic rings. The summed E-state index contributed by atoms with van der Waals surface area (Å²) in [5.74, 6) is 1.90. The lowest BCUT2D eigenvalue weighted by molar-refractivity contribution is 0.0992. The Morgan fingerprint density at radius 1 is 1.04 bits per heavy atom. The molecule has 0 aliphatic heterocycles. The van der Waals surface area contributed by atoms with Gasteiger partial charge in [-0.25, -0.2) is 0 Å². The van der Waals surface area contributed by atoms with E-state index < -0.39 is 0 Å². The van der Waals surface area contributed by atoms with Crippen molar-refractivity contribution >= 4 is 23.2 Å². The zero-order chi connectivity index (χ0) is 19.2. The Bertz CT molecular complexity index is 918. The van der Waals surface area contributed by atoms with Crippen LogP contribution in [0.25, 0.3) is 0 Å². The van der Waals surface area contributed by atoms with Gasteiger partial charge in [-0.3, -0.25) is 4.79 Å². The SMILES string of the molecule is CCOc1ccc(OCc2ccc(C(=O)Nc3cccc(Cl)c3C)o2)cc1. The summed E-state index contributed by atoms with van der Waals surface area (Å²) >= 11 is 6.08. The highest BCUT2D eigenvalue weighted by atomic mass is 35.5. The first kappa shape index (κ1) is 18.9. The minimum Gasteiger partial charge on any atom is -0.494 e. The number of carbonyl (C=O) groups is 1. The summed E-state index contributed by atoms with van der Waals surface area (Å²) in [7, 11) is 0. The van der Waals surface area contributed by atoms with E-state index in [1.807, 2.05) is 38.1 Å². The molecule has 1 amide bonds. The maximum Gasteiger partial charge on any atom is 0.291 e. The van der Waals surface area contributed by atoms with Crippen molar-refractivity contribution in [3.05, 3.63) is 76.7 Å². The number of nitrogens with one attached hydrogen (secondary N) is 1. The molecule has 3 rings (SSSR count). The van der Waals surface area contributed by atoms with Crippen LogP contribution in [0.5, 0.6) is 11.5 Å². The summed E-state index contributed by atoms with van der Waals surface area (Å²) in [5.41, 5.74) is 1.45.